The van der Waals surface area contributed by atoms with E-state index in [0.717, 1.165) is 0 Å². The van der Waals surface area contributed by atoms with Gasteiger partial charge in [-0.2, -0.15) is 11.8 Å². The molecule has 0 fully saturated rings. The van der Waals surface area contributed by atoms with E-state index < -0.39 is 24.1 Å². The Bertz CT molecular complexity index is 201. The first kappa shape index (κ1) is 14.2. The van der Waals surface area contributed by atoms with Gasteiger partial charge in [0.05, 0.1) is 0 Å². The van der Waals surface area contributed by atoms with E-state index in [1.54, 1.807) is 0 Å². The fourth-order valence-corrected chi connectivity index (χ4v) is 1.77. The first-order valence-electron chi connectivity index (χ1n) is 4.42. The second-order valence-electron chi connectivity index (χ2n) is 2.99. The van der Waals surface area contributed by atoms with Crippen molar-refractivity contribution in [2.75, 3.05) is 11.5 Å². The van der Waals surface area contributed by atoms with Crippen molar-refractivity contribution in [3.63, 3.8) is 0 Å². The molecule has 0 bridgehead atoms. The summed E-state index contributed by atoms with van der Waals surface area (Å²) in [5, 5.41) is 25.7. The zero-order valence-corrected chi connectivity index (χ0v) is 8.94. The normalized spacial score (nSPS) is 14.5. The van der Waals surface area contributed by atoms with Gasteiger partial charge in [0.15, 0.2) is 6.10 Å². The molecule has 0 spiro atoms. The van der Waals surface area contributed by atoms with Gasteiger partial charge in [-0.3, -0.25) is 4.79 Å². The number of aliphatic hydroxyl groups excluding tert-OH is 1. The van der Waals surface area contributed by atoms with Gasteiger partial charge >= 0.3 is 11.9 Å². The fraction of sp³-hybridized carbons (Fsp3) is 0.750. The lowest BCUT2D eigenvalue weighted by molar-refractivity contribution is -0.146. The van der Waals surface area contributed by atoms with Crippen LogP contribution in [-0.4, -0.2) is 50.9 Å². The van der Waals surface area contributed by atoms with Crippen molar-refractivity contribution >= 4 is 23.7 Å². The van der Waals surface area contributed by atoms with Gasteiger partial charge in [0.25, 0.3) is 0 Å². The highest BCUT2D eigenvalue weighted by Crippen LogP contribution is 2.08. The van der Waals surface area contributed by atoms with Crippen molar-refractivity contribution in [3.05, 3.63) is 0 Å². The molecule has 0 amide bonds. The quantitative estimate of drug-likeness (QED) is 0.414. The maximum absolute atomic E-state index is 10.3. The number of hydrogen-bond donors (Lipinski definition) is 4. The van der Waals surface area contributed by atoms with Gasteiger partial charge in [-0.25, -0.2) is 4.79 Å². The Morgan fingerprint density at radius 3 is 2.13 bits per heavy atom. The van der Waals surface area contributed by atoms with Gasteiger partial charge in [0.1, 0.15) is 6.04 Å². The highest BCUT2D eigenvalue weighted by atomic mass is 32.2. The smallest absolute Gasteiger partial charge is 0.332 e. The molecule has 6 nitrogen and oxygen atoms in total. The molecule has 88 valence electrons. The molecule has 0 radical (unpaired) electrons. The lowest BCUT2D eigenvalue weighted by Gasteiger charge is -2.07. The third-order valence-electron chi connectivity index (χ3n) is 1.71. The van der Waals surface area contributed by atoms with Crippen LogP contribution in [0.2, 0.25) is 0 Å². The van der Waals surface area contributed by atoms with E-state index in [2.05, 4.69) is 0 Å². The largest absolute Gasteiger partial charge is 0.480 e. The summed E-state index contributed by atoms with van der Waals surface area (Å²) in [6.45, 7) is 0. The lowest BCUT2D eigenvalue weighted by Crippen LogP contribution is -2.30. The number of thioether (sulfide) groups is 1. The minimum Gasteiger partial charge on any atom is -0.480 e. The average molecular weight is 237 g/mol. The number of hydrogen-bond acceptors (Lipinski definition) is 5. The van der Waals surface area contributed by atoms with E-state index in [9.17, 15) is 9.59 Å². The van der Waals surface area contributed by atoms with Gasteiger partial charge < -0.3 is 21.1 Å². The number of nitrogens with two attached hydrogens (primary N) is 1. The summed E-state index contributed by atoms with van der Waals surface area (Å²) >= 11 is 1.38. The van der Waals surface area contributed by atoms with Crippen LogP contribution in [-0.2, 0) is 9.59 Å². The summed E-state index contributed by atoms with van der Waals surface area (Å²) in [4.78, 5) is 20.5. The lowest BCUT2D eigenvalue weighted by atomic mass is 10.2. The van der Waals surface area contributed by atoms with Crippen molar-refractivity contribution in [2.24, 2.45) is 5.73 Å². The van der Waals surface area contributed by atoms with Crippen molar-refractivity contribution < 1.29 is 24.9 Å². The minimum absolute atomic E-state index is 0.155. The molecule has 0 aliphatic heterocycles. The van der Waals surface area contributed by atoms with Crippen LogP contribution in [0.15, 0.2) is 0 Å². The summed E-state index contributed by atoms with van der Waals surface area (Å²) in [6, 6.07) is -0.873. The topological polar surface area (TPSA) is 121 Å². The number of carboxylic acids is 2. The maximum atomic E-state index is 10.3. The third kappa shape index (κ3) is 7.18. The van der Waals surface area contributed by atoms with E-state index in [1.807, 2.05) is 0 Å². The van der Waals surface area contributed by atoms with E-state index >= 15 is 0 Å². The maximum Gasteiger partial charge on any atom is 0.332 e. The molecule has 0 aliphatic carbocycles. The summed E-state index contributed by atoms with van der Waals surface area (Å²) in [5.41, 5.74) is 5.25. The van der Waals surface area contributed by atoms with Crippen molar-refractivity contribution in [1.82, 2.24) is 0 Å². The van der Waals surface area contributed by atoms with Crippen molar-refractivity contribution in [1.29, 1.82) is 0 Å². The Hall–Kier alpha value is -0.790. The number of rotatable bonds is 8. The summed E-state index contributed by atoms with van der Waals surface area (Å²) in [5.74, 6) is -1.27. The van der Waals surface area contributed by atoms with Crippen LogP contribution in [0.3, 0.4) is 0 Å². The summed E-state index contributed by atoms with van der Waals surface area (Å²) in [6.07, 6.45) is -0.850. The molecular weight excluding hydrogens is 222 g/mol. The van der Waals surface area contributed by atoms with Crippen molar-refractivity contribution in [2.45, 2.75) is 25.0 Å². The van der Waals surface area contributed by atoms with Gasteiger partial charge in [0.2, 0.25) is 0 Å². The van der Waals surface area contributed by atoms with Gasteiger partial charge in [-0.15, -0.1) is 0 Å². The molecule has 15 heavy (non-hydrogen) atoms. The highest BCUT2D eigenvalue weighted by Gasteiger charge is 2.13. The molecular formula is C8H15NO5S. The molecule has 5 N–H and O–H groups in total. The third-order valence-corrected chi connectivity index (χ3v) is 2.76. The highest BCUT2D eigenvalue weighted by molar-refractivity contribution is 7.99. The van der Waals surface area contributed by atoms with Crippen LogP contribution in [0, 0.1) is 0 Å². The second-order valence-corrected chi connectivity index (χ2v) is 4.21. The Morgan fingerprint density at radius 1 is 1.13 bits per heavy atom. The number of carboxylic acid groups (broad SMARTS) is 2. The predicted octanol–water partition coefficient (Wildman–Crippen LogP) is -0.643. The van der Waals surface area contributed by atoms with Gasteiger partial charge in [-0.1, -0.05) is 0 Å². The molecule has 0 aliphatic rings. The van der Waals surface area contributed by atoms with E-state index in [4.69, 9.17) is 21.1 Å². The minimum atomic E-state index is -1.34. The Kier molecular flexibility index (Phi) is 7.10. The van der Waals surface area contributed by atoms with E-state index in [-0.39, 0.29) is 6.42 Å². The van der Waals surface area contributed by atoms with E-state index in [0.29, 0.717) is 17.9 Å². The Balaban J connectivity index is 3.40. The van der Waals surface area contributed by atoms with Crippen LogP contribution >= 0.6 is 11.8 Å². The molecule has 7 heteroatoms. The molecule has 0 aromatic rings. The van der Waals surface area contributed by atoms with Crippen LogP contribution in [0.1, 0.15) is 12.8 Å². The molecule has 0 saturated carbocycles. The predicted molar refractivity (Wildman–Crippen MR) is 55.8 cm³/mol. The van der Waals surface area contributed by atoms with Crippen LogP contribution in [0.25, 0.3) is 0 Å². The van der Waals surface area contributed by atoms with Crippen LogP contribution in [0.5, 0.6) is 0 Å². The molecule has 1 unspecified atom stereocenters. The molecule has 0 aromatic carbocycles. The van der Waals surface area contributed by atoms with Gasteiger partial charge in [-0.05, 0) is 24.3 Å². The first-order chi connectivity index (χ1) is 6.95. The Morgan fingerprint density at radius 2 is 1.67 bits per heavy atom. The van der Waals surface area contributed by atoms with Crippen LogP contribution < -0.4 is 5.73 Å². The number of aliphatic carboxylic acids is 2. The molecule has 0 saturated heterocycles. The molecule has 2 atom stereocenters. The monoisotopic (exact) mass is 237 g/mol. The molecule has 0 rings (SSSR count). The average Bonchev–Trinajstić information content (AvgIpc) is 2.16. The Labute approximate surface area is 91.5 Å². The number of aliphatic hydroxyl groups is 1. The zero-order chi connectivity index (χ0) is 11.8. The summed E-state index contributed by atoms with van der Waals surface area (Å²) in [7, 11) is 0. The first-order valence-corrected chi connectivity index (χ1v) is 5.57. The zero-order valence-electron chi connectivity index (χ0n) is 8.13. The molecule has 0 aromatic heterocycles. The SMILES string of the molecule is N[C@@H](CCSCCC(O)C(=O)O)C(=O)O. The summed E-state index contributed by atoms with van der Waals surface area (Å²) < 4.78 is 0. The second kappa shape index (κ2) is 7.49. The fourth-order valence-electron chi connectivity index (χ4n) is 0.754. The standard InChI is InChI=1S/C8H15NO5S/c9-5(7(11)12)1-3-15-4-2-6(10)8(13)14/h5-6,10H,1-4,9H2,(H,11,12)(H,13,14)/t5-,6?/m0/s1. The van der Waals surface area contributed by atoms with Crippen molar-refractivity contribution in [3.8, 4) is 0 Å². The molecule has 0 heterocycles. The van der Waals surface area contributed by atoms with Crippen LogP contribution in [0.4, 0.5) is 0 Å². The van der Waals surface area contributed by atoms with E-state index in [1.165, 1.54) is 11.8 Å². The number of carbonyl (C=O) groups is 2. The van der Waals surface area contributed by atoms with Gasteiger partial charge in [0, 0.05) is 0 Å².